The standard InChI is InChI=1S/C10H22OSi.C9H16O3.3CHF3O3S.Yb/c1-9(2)8-10(3,4)11-12(5,6)7;1-4-7(10)5-8(11)6-9(2,3)12;3*2-1(3,4)8(5,6)7;/h1,8H2,2-7H3;4,7,10,12H,1,5-6H2,2-3H3;3*(H,5,6,7);. The molecule has 13 nitrogen and oxygen atoms in total. The van der Waals surface area contributed by atoms with E-state index in [9.17, 15) is 49.4 Å². The number of aliphatic hydroxyl groups is 2. The number of hydrogen-bond acceptors (Lipinski definition) is 10. The monoisotopic (exact) mass is 982 g/mol. The number of alkyl halides is 9. The van der Waals surface area contributed by atoms with E-state index >= 15 is 0 Å². The molecule has 5 N–H and O–H groups in total. The van der Waals surface area contributed by atoms with Gasteiger partial charge in [-0.15, -0.1) is 13.2 Å². The fraction of sp³-hybridized carbons (Fsp3) is 0.773. The molecule has 1 unspecified atom stereocenters. The number of aliphatic hydroxyl groups excluding tert-OH is 1. The van der Waals surface area contributed by atoms with E-state index in [1.165, 1.54) is 11.6 Å². The fourth-order valence-electron chi connectivity index (χ4n) is 2.46. The van der Waals surface area contributed by atoms with Crippen molar-refractivity contribution < 1.29 is 145 Å². The summed E-state index contributed by atoms with van der Waals surface area (Å²) in [7, 11) is -18.9. The van der Waals surface area contributed by atoms with Crippen LogP contribution in [0.3, 0.4) is 0 Å². The van der Waals surface area contributed by atoms with E-state index in [1.54, 1.807) is 13.8 Å². The minimum absolute atomic E-state index is 0. The van der Waals surface area contributed by atoms with Crippen molar-refractivity contribution in [1.82, 2.24) is 0 Å². The van der Waals surface area contributed by atoms with Gasteiger partial charge >= 0.3 is 46.9 Å². The summed E-state index contributed by atoms with van der Waals surface area (Å²) < 4.78 is 179. The largest absolute Gasteiger partial charge is 0.522 e. The van der Waals surface area contributed by atoms with Crippen molar-refractivity contribution in [1.29, 1.82) is 0 Å². The SMILES string of the molecule is C=C(C)CC(C)(C)O[Si](C)(C)C.C=CC(O)CC(=O)CC(C)(C)O.O=S(=O)(O)C(F)(F)F.O=S(=O)(O)C(F)(F)F.O=S(=O)(O)C(F)(F)F.[Yb]. The zero-order chi connectivity index (χ0) is 40.8. The molecular formula is C22H41F9O13S3SiYb. The van der Waals surface area contributed by atoms with Gasteiger partial charge in [-0.1, -0.05) is 11.6 Å². The van der Waals surface area contributed by atoms with Gasteiger partial charge in [0.15, 0.2) is 8.32 Å². The predicted molar refractivity (Wildman–Crippen MR) is 157 cm³/mol. The molecule has 0 bridgehead atoms. The molecule has 0 aliphatic heterocycles. The third kappa shape index (κ3) is 42.2. The van der Waals surface area contributed by atoms with Crippen LogP contribution in [0.5, 0.6) is 0 Å². The number of ketones is 1. The zero-order valence-electron chi connectivity index (χ0n) is 27.1. The summed E-state index contributed by atoms with van der Waals surface area (Å²) in [6, 6.07) is 0. The molecule has 0 radical (unpaired) electrons. The first-order chi connectivity index (χ1) is 20.2. The first-order valence-corrected chi connectivity index (χ1v) is 20.0. The van der Waals surface area contributed by atoms with Crippen LogP contribution in [0.25, 0.3) is 0 Å². The molecule has 0 heterocycles. The Labute approximate surface area is 319 Å². The van der Waals surface area contributed by atoms with Crippen LogP contribution in [-0.4, -0.2) is 97.1 Å². The minimum Gasteiger partial charge on any atom is -0.412 e. The average Bonchev–Trinajstić information content (AvgIpc) is 2.66. The molecule has 27 heteroatoms. The van der Waals surface area contributed by atoms with Crippen LogP contribution in [0.2, 0.25) is 19.6 Å². The van der Waals surface area contributed by atoms with E-state index in [0.717, 1.165) is 6.42 Å². The molecule has 0 saturated heterocycles. The maximum absolute atomic E-state index is 11.1. The number of rotatable bonds is 9. The Bertz CT molecular complexity index is 1230. The van der Waals surface area contributed by atoms with Gasteiger partial charge in [-0.25, -0.2) is 0 Å². The van der Waals surface area contributed by atoms with Crippen LogP contribution in [-0.2, 0) is 39.6 Å². The number of carbonyl (C=O) groups excluding carboxylic acids is 1. The van der Waals surface area contributed by atoms with Gasteiger partial charge in [0.05, 0.1) is 17.3 Å². The second-order valence-electron chi connectivity index (χ2n) is 11.4. The molecule has 0 fully saturated rings. The van der Waals surface area contributed by atoms with Crippen molar-refractivity contribution >= 4 is 44.5 Å². The number of Topliss-reactive ketones (excluding diaryl/α,β-unsaturated/α-hetero) is 1. The van der Waals surface area contributed by atoms with Gasteiger partial charge in [0.2, 0.25) is 0 Å². The van der Waals surface area contributed by atoms with Crippen molar-refractivity contribution in [2.45, 2.75) is 107 Å². The molecule has 0 aromatic heterocycles. The Morgan fingerprint density at radius 1 is 0.755 bits per heavy atom. The summed E-state index contributed by atoms with van der Waals surface area (Å²) in [6.07, 6.45) is 1.57. The third-order valence-corrected chi connectivity index (χ3v) is 6.45. The summed E-state index contributed by atoms with van der Waals surface area (Å²) in [6.45, 7) is 23.3. The van der Waals surface area contributed by atoms with Gasteiger partial charge in [0.25, 0.3) is 0 Å². The van der Waals surface area contributed by atoms with Gasteiger partial charge in [-0.3, -0.25) is 18.5 Å². The summed E-state index contributed by atoms with van der Waals surface area (Å²) in [5.41, 5.74) is -16.4. The summed E-state index contributed by atoms with van der Waals surface area (Å²) in [4.78, 5) is 11.1. The predicted octanol–water partition coefficient (Wildman–Crippen LogP) is 5.42. The molecule has 0 saturated carbocycles. The quantitative estimate of drug-likeness (QED) is 0.0640. The smallest absolute Gasteiger partial charge is 0.412 e. The molecule has 0 amide bonds. The number of halogens is 9. The Morgan fingerprint density at radius 3 is 1.14 bits per heavy atom. The summed E-state index contributed by atoms with van der Waals surface area (Å²) >= 11 is 0. The van der Waals surface area contributed by atoms with Gasteiger partial charge in [0, 0.05) is 59.8 Å². The van der Waals surface area contributed by atoms with Crippen LogP contribution in [0.4, 0.5) is 39.5 Å². The second kappa shape index (κ2) is 22.8. The third-order valence-electron chi connectivity index (χ3n) is 3.53. The molecule has 49 heavy (non-hydrogen) atoms. The topological polar surface area (TPSA) is 230 Å². The summed E-state index contributed by atoms with van der Waals surface area (Å²) in [5, 5.41) is 18.3. The molecule has 0 aliphatic rings. The van der Waals surface area contributed by atoms with Gasteiger partial charge < -0.3 is 14.6 Å². The number of carbonyl (C=O) groups is 1. The first-order valence-electron chi connectivity index (χ1n) is 12.2. The van der Waals surface area contributed by atoms with E-state index in [1.807, 2.05) is 0 Å². The number of hydrogen-bond donors (Lipinski definition) is 5. The Kier molecular flexibility index (Phi) is 28.4. The normalized spacial score (nSPS) is 13.5. The zero-order valence-corrected chi connectivity index (χ0v) is 32.3. The van der Waals surface area contributed by atoms with E-state index < -0.39 is 66.9 Å². The molecule has 0 spiro atoms. The van der Waals surface area contributed by atoms with Crippen LogP contribution in [0.15, 0.2) is 24.8 Å². The Balaban J connectivity index is -0.000000119. The van der Waals surface area contributed by atoms with Crippen LogP contribution < -0.4 is 0 Å². The van der Waals surface area contributed by atoms with Crippen molar-refractivity contribution in [3.63, 3.8) is 0 Å². The van der Waals surface area contributed by atoms with Crippen molar-refractivity contribution in [3.8, 4) is 0 Å². The van der Waals surface area contributed by atoms with E-state index in [2.05, 4.69) is 53.6 Å². The van der Waals surface area contributed by atoms with Gasteiger partial charge in [-0.05, 0) is 60.7 Å². The Morgan fingerprint density at radius 2 is 1.00 bits per heavy atom. The van der Waals surface area contributed by atoms with E-state index in [0.29, 0.717) is 0 Å². The minimum atomic E-state index is -5.84. The maximum atomic E-state index is 11.1. The van der Waals surface area contributed by atoms with Gasteiger partial charge in [-0.2, -0.15) is 64.8 Å². The Hall–Kier alpha value is -0.134. The van der Waals surface area contributed by atoms with Crippen LogP contribution >= 0.6 is 0 Å². The maximum Gasteiger partial charge on any atom is 0.522 e. The molecule has 1 atom stereocenters. The molecule has 0 aromatic rings. The van der Waals surface area contributed by atoms with Crippen LogP contribution in [0.1, 0.15) is 53.9 Å². The average molecular weight is 982 g/mol. The second-order valence-corrected chi connectivity index (χ2v) is 20.1. The molecule has 0 aliphatic carbocycles. The van der Waals surface area contributed by atoms with Crippen molar-refractivity contribution in [2.24, 2.45) is 0 Å². The van der Waals surface area contributed by atoms with Crippen molar-refractivity contribution in [3.05, 3.63) is 24.8 Å². The first kappa shape index (κ1) is 60.9. The summed E-state index contributed by atoms with van der Waals surface area (Å²) in [5.74, 6) is -0.157. The molecular weight excluding hydrogens is 941 g/mol. The molecule has 0 aromatic carbocycles. The molecule has 0 rings (SSSR count). The van der Waals surface area contributed by atoms with E-state index in [4.69, 9.17) is 48.4 Å². The van der Waals surface area contributed by atoms with Crippen molar-refractivity contribution in [2.75, 3.05) is 0 Å². The van der Waals surface area contributed by atoms with Gasteiger partial charge in [0.1, 0.15) is 5.78 Å². The van der Waals surface area contributed by atoms with Crippen LogP contribution in [0, 0.1) is 46.9 Å². The molecule has 306 valence electrons. The fourth-order valence-corrected chi connectivity index (χ4v) is 4.19. The van der Waals surface area contributed by atoms with E-state index in [-0.39, 0.29) is 71.1 Å².